The Kier molecular flexibility index (Phi) is 8.31. The van der Waals surface area contributed by atoms with Crippen molar-refractivity contribution in [3.63, 3.8) is 0 Å². The van der Waals surface area contributed by atoms with Crippen LogP contribution in [0.15, 0.2) is 48.6 Å². The standard InChI is InChI=1S/C22H17Cl2N3O3/c1-3-5-15-10-14(12-19(29-2)21(15)30-9-8-25)11-16(13-26)22(28)27-18-7-4-6-17(23)20(18)24/h3-4,6-7,10-12H,1,5,9H2,2H3,(H,27,28)/b16-11-. The van der Waals surface area contributed by atoms with E-state index in [1.165, 1.54) is 13.2 Å². The lowest BCUT2D eigenvalue weighted by molar-refractivity contribution is -0.112. The summed E-state index contributed by atoms with van der Waals surface area (Å²) in [6.07, 6.45) is 3.52. The molecule has 1 amide bonds. The van der Waals surface area contributed by atoms with Gasteiger partial charge in [-0.2, -0.15) is 10.5 Å². The second-order valence-electron chi connectivity index (χ2n) is 5.88. The summed E-state index contributed by atoms with van der Waals surface area (Å²) in [4.78, 5) is 12.6. The van der Waals surface area contributed by atoms with Gasteiger partial charge in [0.05, 0.1) is 22.8 Å². The fourth-order valence-electron chi connectivity index (χ4n) is 2.60. The number of allylic oxidation sites excluding steroid dienone is 1. The predicted octanol–water partition coefficient (Wildman–Crippen LogP) is 5.18. The molecule has 152 valence electrons. The minimum Gasteiger partial charge on any atom is -0.493 e. The SMILES string of the molecule is C=CCc1cc(/C=C(/C#N)C(=O)Nc2cccc(Cl)c2Cl)cc(OC)c1OCC#N. The predicted molar refractivity (Wildman–Crippen MR) is 117 cm³/mol. The maximum atomic E-state index is 12.6. The molecule has 6 nitrogen and oxygen atoms in total. The molecule has 0 aliphatic heterocycles. The van der Waals surface area contributed by atoms with Gasteiger partial charge in [-0.05, 0) is 42.3 Å². The van der Waals surface area contributed by atoms with Gasteiger partial charge in [-0.1, -0.05) is 35.3 Å². The maximum absolute atomic E-state index is 12.6. The molecule has 0 aliphatic carbocycles. The zero-order chi connectivity index (χ0) is 22.1. The molecule has 30 heavy (non-hydrogen) atoms. The molecule has 0 atom stereocenters. The lowest BCUT2D eigenvalue weighted by Gasteiger charge is -2.14. The van der Waals surface area contributed by atoms with Crippen LogP contribution in [-0.4, -0.2) is 19.6 Å². The molecule has 0 bridgehead atoms. The van der Waals surface area contributed by atoms with Crippen LogP contribution in [0.1, 0.15) is 11.1 Å². The highest BCUT2D eigenvalue weighted by atomic mass is 35.5. The number of nitriles is 2. The third-order valence-corrected chi connectivity index (χ3v) is 4.71. The lowest BCUT2D eigenvalue weighted by atomic mass is 10.0. The topological polar surface area (TPSA) is 95.1 Å². The number of ether oxygens (including phenoxy) is 2. The van der Waals surface area contributed by atoms with E-state index in [0.29, 0.717) is 34.7 Å². The molecule has 0 saturated heterocycles. The molecule has 1 N–H and O–H groups in total. The molecule has 2 aromatic carbocycles. The van der Waals surface area contributed by atoms with E-state index in [-0.39, 0.29) is 22.2 Å². The monoisotopic (exact) mass is 441 g/mol. The van der Waals surface area contributed by atoms with E-state index >= 15 is 0 Å². The van der Waals surface area contributed by atoms with Gasteiger partial charge < -0.3 is 14.8 Å². The van der Waals surface area contributed by atoms with Gasteiger partial charge in [-0.25, -0.2) is 0 Å². The quantitative estimate of drug-likeness (QED) is 0.345. The van der Waals surface area contributed by atoms with Gasteiger partial charge in [0.15, 0.2) is 18.1 Å². The zero-order valence-electron chi connectivity index (χ0n) is 16.0. The highest BCUT2D eigenvalue weighted by molar-refractivity contribution is 6.44. The molecule has 0 unspecified atom stereocenters. The molecule has 0 aliphatic rings. The first-order chi connectivity index (χ1) is 14.4. The maximum Gasteiger partial charge on any atom is 0.266 e. The first-order valence-corrected chi connectivity index (χ1v) is 9.39. The Balaban J connectivity index is 2.42. The molecule has 0 spiro atoms. The molecule has 0 saturated carbocycles. The van der Waals surface area contributed by atoms with Crippen molar-refractivity contribution in [3.05, 3.63) is 69.7 Å². The Labute approximate surface area is 184 Å². The summed E-state index contributed by atoms with van der Waals surface area (Å²) < 4.78 is 10.8. The summed E-state index contributed by atoms with van der Waals surface area (Å²) in [5.41, 5.74) is 1.38. The van der Waals surface area contributed by atoms with Crippen molar-refractivity contribution in [1.82, 2.24) is 0 Å². The molecule has 0 heterocycles. The van der Waals surface area contributed by atoms with Crippen molar-refractivity contribution in [3.8, 4) is 23.6 Å². The summed E-state index contributed by atoms with van der Waals surface area (Å²) in [6.45, 7) is 3.56. The number of carbonyl (C=O) groups is 1. The van der Waals surface area contributed by atoms with Crippen LogP contribution in [0.5, 0.6) is 11.5 Å². The largest absolute Gasteiger partial charge is 0.493 e. The average molecular weight is 442 g/mol. The third-order valence-electron chi connectivity index (χ3n) is 3.90. The van der Waals surface area contributed by atoms with Crippen LogP contribution < -0.4 is 14.8 Å². The number of halogens is 2. The summed E-state index contributed by atoms with van der Waals surface area (Å²) in [6, 6.07) is 11.9. The van der Waals surface area contributed by atoms with Crippen molar-refractivity contribution in [2.24, 2.45) is 0 Å². The van der Waals surface area contributed by atoms with Gasteiger partial charge in [0.2, 0.25) is 0 Å². The number of amides is 1. The lowest BCUT2D eigenvalue weighted by Crippen LogP contribution is -2.13. The van der Waals surface area contributed by atoms with Gasteiger partial charge in [0.25, 0.3) is 5.91 Å². The van der Waals surface area contributed by atoms with E-state index in [2.05, 4.69) is 11.9 Å². The first kappa shape index (κ1) is 22.8. The molecular weight excluding hydrogens is 425 g/mol. The van der Waals surface area contributed by atoms with E-state index in [9.17, 15) is 10.1 Å². The second-order valence-corrected chi connectivity index (χ2v) is 6.66. The second kappa shape index (κ2) is 10.9. The molecule has 2 rings (SSSR count). The smallest absolute Gasteiger partial charge is 0.266 e. The number of anilines is 1. The van der Waals surface area contributed by atoms with Crippen molar-refractivity contribution in [2.75, 3.05) is 19.0 Å². The van der Waals surface area contributed by atoms with E-state index in [0.717, 1.165) is 0 Å². The average Bonchev–Trinajstić information content (AvgIpc) is 2.74. The minimum atomic E-state index is -0.643. The van der Waals surface area contributed by atoms with Crippen molar-refractivity contribution in [1.29, 1.82) is 10.5 Å². The number of rotatable bonds is 8. The molecule has 2 aromatic rings. The van der Waals surface area contributed by atoms with E-state index in [4.69, 9.17) is 37.9 Å². The van der Waals surface area contributed by atoms with Gasteiger partial charge in [0, 0.05) is 5.56 Å². The Bertz CT molecular complexity index is 1080. The van der Waals surface area contributed by atoms with Crippen LogP contribution in [0.2, 0.25) is 10.0 Å². The number of carbonyl (C=O) groups excluding carboxylic acids is 1. The number of nitrogens with zero attached hydrogens (tertiary/aromatic N) is 2. The number of hydrogen-bond donors (Lipinski definition) is 1. The summed E-state index contributed by atoms with van der Waals surface area (Å²) in [5, 5.41) is 21.3. The molecule has 8 heteroatoms. The highest BCUT2D eigenvalue weighted by Crippen LogP contribution is 2.34. The van der Waals surface area contributed by atoms with Crippen molar-refractivity contribution in [2.45, 2.75) is 6.42 Å². The normalized spacial score (nSPS) is 10.5. The Morgan fingerprint density at radius 3 is 2.70 bits per heavy atom. The Morgan fingerprint density at radius 2 is 2.07 bits per heavy atom. The van der Waals surface area contributed by atoms with E-state index in [1.54, 1.807) is 36.4 Å². The Morgan fingerprint density at radius 1 is 1.30 bits per heavy atom. The van der Waals surface area contributed by atoms with Crippen molar-refractivity contribution >= 4 is 40.9 Å². The Hall–Kier alpha value is -3.45. The van der Waals surface area contributed by atoms with E-state index < -0.39 is 5.91 Å². The van der Waals surface area contributed by atoms with E-state index in [1.807, 2.05) is 12.1 Å². The van der Waals surface area contributed by atoms with Crippen LogP contribution in [0.4, 0.5) is 5.69 Å². The first-order valence-electron chi connectivity index (χ1n) is 8.63. The van der Waals surface area contributed by atoms with Gasteiger partial charge >= 0.3 is 0 Å². The number of methoxy groups -OCH3 is 1. The third kappa shape index (κ3) is 5.55. The fourth-order valence-corrected chi connectivity index (χ4v) is 2.95. The van der Waals surface area contributed by atoms with Crippen LogP contribution in [0, 0.1) is 22.7 Å². The van der Waals surface area contributed by atoms with Crippen LogP contribution >= 0.6 is 23.2 Å². The molecular formula is C22H17Cl2N3O3. The number of hydrogen-bond acceptors (Lipinski definition) is 5. The van der Waals surface area contributed by atoms with Gasteiger partial charge in [-0.3, -0.25) is 4.79 Å². The minimum absolute atomic E-state index is 0.150. The zero-order valence-corrected chi connectivity index (χ0v) is 17.5. The highest BCUT2D eigenvalue weighted by Gasteiger charge is 2.16. The summed E-state index contributed by atoms with van der Waals surface area (Å²) in [5.74, 6) is 0.131. The van der Waals surface area contributed by atoms with Crippen LogP contribution in [-0.2, 0) is 11.2 Å². The number of nitrogens with one attached hydrogen (secondary N) is 1. The molecule has 0 fully saturated rings. The van der Waals surface area contributed by atoms with Crippen LogP contribution in [0.25, 0.3) is 6.08 Å². The number of benzene rings is 2. The van der Waals surface area contributed by atoms with Crippen molar-refractivity contribution < 1.29 is 14.3 Å². The molecule has 0 aromatic heterocycles. The fraction of sp³-hybridized carbons (Fsp3) is 0.136. The molecule has 0 radical (unpaired) electrons. The van der Waals surface area contributed by atoms with Gasteiger partial charge in [-0.15, -0.1) is 6.58 Å². The van der Waals surface area contributed by atoms with Gasteiger partial charge in [0.1, 0.15) is 17.7 Å². The summed E-state index contributed by atoms with van der Waals surface area (Å²) in [7, 11) is 1.46. The van der Waals surface area contributed by atoms with Crippen LogP contribution in [0.3, 0.4) is 0 Å². The summed E-state index contributed by atoms with van der Waals surface area (Å²) >= 11 is 12.0.